The molecule has 0 radical (unpaired) electrons. The summed E-state index contributed by atoms with van der Waals surface area (Å²) in [5.41, 5.74) is 1.96. The fourth-order valence-corrected chi connectivity index (χ4v) is 2.39. The SMILES string of the molecule is OC(COCc1ccc(Cl)cc1)Cn1cnc(-c2ccccc2)n1. The van der Waals surface area contributed by atoms with Crippen LogP contribution in [0.5, 0.6) is 0 Å². The van der Waals surface area contributed by atoms with Crippen LogP contribution in [0.25, 0.3) is 11.4 Å². The number of aromatic nitrogens is 3. The summed E-state index contributed by atoms with van der Waals surface area (Å²) in [4.78, 5) is 4.26. The maximum Gasteiger partial charge on any atom is 0.181 e. The molecule has 5 nitrogen and oxygen atoms in total. The van der Waals surface area contributed by atoms with Gasteiger partial charge in [0.15, 0.2) is 5.82 Å². The quantitative estimate of drug-likeness (QED) is 0.715. The van der Waals surface area contributed by atoms with Gasteiger partial charge in [0.1, 0.15) is 6.33 Å². The Labute approximate surface area is 145 Å². The Hall–Kier alpha value is -2.21. The predicted octanol–water partition coefficient (Wildman–Crippen LogP) is 3.18. The van der Waals surface area contributed by atoms with E-state index in [4.69, 9.17) is 16.3 Å². The molecule has 0 aliphatic rings. The molecule has 124 valence electrons. The minimum Gasteiger partial charge on any atom is -0.389 e. The molecule has 6 heteroatoms. The van der Waals surface area contributed by atoms with Gasteiger partial charge in [-0.1, -0.05) is 54.1 Å². The van der Waals surface area contributed by atoms with E-state index in [0.717, 1.165) is 11.1 Å². The Kier molecular flexibility index (Phi) is 5.59. The van der Waals surface area contributed by atoms with Crippen LogP contribution in [0.3, 0.4) is 0 Å². The number of aliphatic hydroxyl groups is 1. The summed E-state index contributed by atoms with van der Waals surface area (Å²) >= 11 is 5.84. The van der Waals surface area contributed by atoms with Gasteiger partial charge in [-0.05, 0) is 17.7 Å². The van der Waals surface area contributed by atoms with E-state index in [9.17, 15) is 5.11 Å². The average Bonchev–Trinajstić information content (AvgIpc) is 3.06. The van der Waals surface area contributed by atoms with Crippen molar-refractivity contribution < 1.29 is 9.84 Å². The summed E-state index contributed by atoms with van der Waals surface area (Å²) in [5.74, 6) is 0.643. The maximum atomic E-state index is 10.1. The highest BCUT2D eigenvalue weighted by molar-refractivity contribution is 6.30. The van der Waals surface area contributed by atoms with E-state index >= 15 is 0 Å². The van der Waals surface area contributed by atoms with Crippen molar-refractivity contribution in [3.63, 3.8) is 0 Å². The van der Waals surface area contributed by atoms with Crippen molar-refractivity contribution in [3.8, 4) is 11.4 Å². The van der Waals surface area contributed by atoms with Crippen molar-refractivity contribution in [3.05, 3.63) is 71.5 Å². The van der Waals surface area contributed by atoms with Gasteiger partial charge < -0.3 is 9.84 Å². The Balaban J connectivity index is 1.47. The lowest BCUT2D eigenvalue weighted by Gasteiger charge is -2.11. The van der Waals surface area contributed by atoms with Gasteiger partial charge in [0.25, 0.3) is 0 Å². The molecule has 0 aliphatic carbocycles. The first-order valence-electron chi connectivity index (χ1n) is 7.66. The van der Waals surface area contributed by atoms with E-state index < -0.39 is 6.10 Å². The topological polar surface area (TPSA) is 60.2 Å². The molecule has 0 fully saturated rings. The lowest BCUT2D eigenvalue weighted by molar-refractivity contribution is 0.0187. The van der Waals surface area contributed by atoms with Crippen molar-refractivity contribution in [2.24, 2.45) is 0 Å². The van der Waals surface area contributed by atoms with Gasteiger partial charge in [-0.15, -0.1) is 0 Å². The van der Waals surface area contributed by atoms with Gasteiger partial charge in [-0.25, -0.2) is 9.67 Å². The van der Waals surface area contributed by atoms with Crippen molar-refractivity contribution in [1.82, 2.24) is 14.8 Å². The molecular weight excluding hydrogens is 326 g/mol. The van der Waals surface area contributed by atoms with E-state index in [1.54, 1.807) is 11.0 Å². The molecule has 2 aromatic carbocycles. The van der Waals surface area contributed by atoms with Gasteiger partial charge in [-0.2, -0.15) is 5.10 Å². The fourth-order valence-electron chi connectivity index (χ4n) is 2.26. The third-order valence-electron chi connectivity index (χ3n) is 3.46. The molecule has 0 aliphatic heterocycles. The number of rotatable bonds is 7. The molecule has 1 N–H and O–H groups in total. The van der Waals surface area contributed by atoms with Crippen LogP contribution < -0.4 is 0 Å². The zero-order valence-electron chi connectivity index (χ0n) is 13.0. The Morgan fingerprint density at radius 3 is 2.58 bits per heavy atom. The monoisotopic (exact) mass is 343 g/mol. The molecule has 3 rings (SSSR count). The smallest absolute Gasteiger partial charge is 0.181 e. The highest BCUT2D eigenvalue weighted by atomic mass is 35.5. The van der Waals surface area contributed by atoms with Crippen LogP contribution in [0.15, 0.2) is 60.9 Å². The van der Waals surface area contributed by atoms with Crippen LogP contribution in [0.4, 0.5) is 0 Å². The second-order valence-electron chi connectivity index (χ2n) is 5.45. The summed E-state index contributed by atoms with van der Waals surface area (Å²) in [6.07, 6.45) is 0.965. The first-order valence-corrected chi connectivity index (χ1v) is 8.03. The zero-order chi connectivity index (χ0) is 16.8. The van der Waals surface area contributed by atoms with Gasteiger partial charge in [0.2, 0.25) is 0 Å². The second-order valence-corrected chi connectivity index (χ2v) is 5.89. The van der Waals surface area contributed by atoms with Crippen molar-refractivity contribution in [2.75, 3.05) is 6.61 Å². The van der Waals surface area contributed by atoms with Crippen LogP contribution in [0.1, 0.15) is 5.56 Å². The molecular formula is C18H18ClN3O2. The molecule has 0 saturated heterocycles. The van der Waals surface area contributed by atoms with Crippen molar-refractivity contribution >= 4 is 11.6 Å². The molecule has 3 aromatic rings. The number of aliphatic hydroxyl groups excluding tert-OH is 1. The van der Waals surface area contributed by atoms with Gasteiger partial charge in [0.05, 0.1) is 25.9 Å². The minimum absolute atomic E-state index is 0.225. The Morgan fingerprint density at radius 1 is 1.08 bits per heavy atom. The number of hydrogen-bond donors (Lipinski definition) is 1. The lowest BCUT2D eigenvalue weighted by atomic mass is 10.2. The standard InChI is InChI=1S/C18H18ClN3O2/c19-16-8-6-14(7-9-16)11-24-12-17(23)10-22-13-20-18(21-22)15-4-2-1-3-5-15/h1-9,13,17,23H,10-12H2. The lowest BCUT2D eigenvalue weighted by Crippen LogP contribution is -2.22. The molecule has 1 heterocycles. The van der Waals surface area contributed by atoms with E-state index in [-0.39, 0.29) is 6.61 Å². The third kappa shape index (κ3) is 4.64. The summed E-state index contributed by atoms with van der Waals surface area (Å²) in [6, 6.07) is 17.2. The molecule has 24 heavy (non-hydrogen) atoms. The summed E-state index contributed by atoms with van der Waals surface area (Å²) < 4.78 is 7.15. The first kappa shape index (κ1) is 16.6. The summed E-state index contributed by atoms with van der Waals surface area (Å²) in [7, 11) is 0. The number of benzene rings is 2. The molecule has 0 bridgehead atoms. The minimum atomic E-state index is -0.650. The highest BCUT2D eigenvalue weighted by Gasteiger charge is 2.09. The zero-order valence-corrected chi connectivity index (χ0v) is 13.8. The molecule has 1 aromatic heterocycles. The Morgan fingerprint density at radius 2 is 1.83 bits per heavy atom. The highest BCUT2D eigenvalue weighted by Crippen LogP contribution is 2.13. The molecule has 1 unspecified atom stereocenters. The average molecular weight is 344 g/mol. The second kappa shape index (κ2) is 8.06. The maximum absolute atomic E-state index is 10.1. The fraction of sp³-hybridized carbons (Fsp3) is 0.222. The van der Waals surface area contributed by atoms with E-state index in [1.165, 1.54) is 0 Å². The number of ether oxygens (including phenoxy) is 1. The van der Waals surface area contributed by atoms with Crippen LogP contribution in [0, 0.1) is 0 Å². The summed E-state index contributed by atoms with van der Waals surface area (Å²) in [5, 5.41) is 15.1. The van der Waals surface area contributed by atoms with E-state index in [1.807, 2.05) is 54.6 Å². The number of halogens is 1. The first-order chi connectivity index (χ1) is 11.7. The van der Waals surface area contributed by atoms with Crippen molar-refractivity contribution in [2.45, 2.75) is 19.3 Å². The third-order valence-corrected chi connectivity index (χ3v) is 3.71. The number of nitrogens with zero attached hydrogens (tertiary/aromatic N) is 3. The number of hydrogen-bond acceptors (Lipinski definition) is 4. The van der Waals surface area contributed by atoms with Gasteiger partial charge in [0, 0.05) is 10.6 Å². The molecule has 0 saturated carbocycles. The Bertz CT molecular complexity index is 759. The van der Waals surface area contributed by atoms with E-state index in [0.29, 0.717) is 24.0 Å². The van der Waals surface area contributed by atoms with Crippen LogP contribution in [-0.2, 0) is 17.9 Å². The van der Waals surface area contributed by atoms with Crippen molar-refractivity contribution in [1.29, 1.82) is 0 Å². The van der Waals surface area contributed by atoms with Gasteiger partial charge in [-0.3, -0.25) is 0 Å². The largest absolute Gasteiger partial charge is 0.389 e. The van der Waals surface area contributed by atoms with Crippen LogP contribution in [-0.4, -0.2) is 32.6 Å². The van der Waals surface area contributed by atoms with E-state index in [2.05, 4.69) is 10.1 Å². The molecule has 0 amide bonds. The van der Waals surface area contributed by atoms with Crippen LogP contribution >= 0.6 is 11.6 Å². The van der Waals surface area contributed by atoms with Crippen LogP contribution in [0.2, 0.25) is 5.02 Å². The summed E-state index contributed by atoms with van der Waals surface area (Å²) in [6.45, 7) is 0.991. The van der Waals surface area contributed by atoms with Gasteiger partial charge >= 0.3 is 0 Å². The molecule has 0 spiro atoms. The molecule has 1 atom stereocenters. The predicted molar refractivity (Wildman–Crippen MR) is 92.6 cm³/mol. The normalized spacial score (nSPS) is 12.2.